The molecule has 0 N–H and O–H groups in total. The molecule has 3 atom stereocenters. The van der Waals surface area contributed by atoms with Crippen LogP contribution in [-0.4, -0.2) is 37.1 Å². The number of nitrogens with zero attached hydrogens (tertiary/aromatic N) is 1. The van der Waals surface area contributed by atoms with E-state index in [2.05, 4.69) is 30.4 Å². The average Bonchev–Trinajstić information content (AvgIpc) is 2.24. The summed E-state index contributed by atoms with van der Waals surface area (Å²) in [5, 5.41) is 0. The van der Waals surface area contributed by atoms with Gasteiger partial charge in [-0.1, -0.05) is 13.8 Å². The lowest BCUT2D eigenvalue weighted by molar-refractivity contribution is -0.140. The zero-order chi connectivity index (χ0) is 12.1. The Balaban J connectivity index is 2.31. The maximum atomic E-state index is 11.0. The normalized spacial score (nSPS) is 31.4. The Hall–Kier alpha value is -0.570. The van der Waals surface area contributed by atoms with Crippen LogP contribution in [0.2, 0.25) is 0 Å². The van der Waals surface area contributed by atoms with Gasteiger partial charge in [-0.05, 0) is 38.1 Å². The molecule has 1 fully saturated rings. The third-order valence-corrected chi connectivity index (χ3v) is 3.77. The molecular weight excluding hydrogens is 202 g/mol. The van der Waals surface area contributed by atoms with E-state index < -0.39 is 0 Å². The Labute approximate surface area is 99.1 Å². The Bertz CT molecular complexity index is 230. The highest BCUT2D eigenvalue weighted by Gasteiger charge is 2.28. The second-order valence-electron chi connectivity index (χ2n) is 5.23. The van der Waals surface area contributed by atoms with E-state index in [4.69, 9.17) is 0 Å². The molecule has 0 amide bonds. The molecule has 94 valence electrons. The first-order valence-corrected chi connectivity index (χ1v) is 6.35. The number of likely N-dealkylation sites (tertiary alicyclic amines) is 1. The van der Waals surface area contributed by atoms with E-state index in [1.54, 1.807) is 0 Å². The van der Waals surface area contributed by atoms with E-state index in [-0.39, 0.29) is 5.97 Å². The van der Waals surface area contributed by atoms with E-state index in [1.807, 2.05) is 0 Å². The molecule has 0 aromatic carbocycles. The highest BCUT2D eigenvalue weighted by atomic mass is 16.5. The van der Waals surface area contributed by atoms with Crippen molar-refractivity contribution in [1.82, 2.24) is 4.90 Å². The van der Waals surface area contributed by atoms with Crippen molar-refractivity contribution in [3.8, 4) is 0 Å². The molecule has 0 aromatic heterocycles. The lowest BCUT2D eigenvalue weighted by Gasteiger charge is -2.41. The number of piperidine rings is 1. The van der Waals surface area contributed by atoms with Gasteiger partial charge in [-0.2, -0.15) is 0 Å². The number of esters is 1. The number of rotatable bonds is 4. The van der Waals surface area contributed by atoms with Crippen molar-refractivity contribution in [3.05, 3.63) is 0 Å². The first kappa shape index (κ1) is 13.5. The van der Waals surface area contributed by atoms with Crippen LogP contribution in [0, 0.1) is 11.8 Å². The molecule has 0 saturated carbocycles. The van der Waals surface area contributed by atoms with Crippen molar-refractivity contribution in [1.29, 1.82) is 0 Å². The number of hydrogen-bond acceptors (Lipinski definition) is 3. The molecule has 1 rings (SSSR count). The number of carbonyl (C=O) groups is 1. The molecule has 0 aliphatic carbocycles. The van der Waals surface area contributed by atoms with Crippen molar-refractivity contribution >= 4 is 5.97 Å². The Morgan fingerprint density at radius 1 is 1.38 bits per heavy atom. The van der Waals surface area contributed by atoms with Gasteiger partial charge in [-0.25, -0.2) is 0 Å². The van der Waals surface area contributed by atoms with Crippen LogP contribution in [0.1, 0.15) is 40.0 Å². The van der Waals surface area contributed by atoms with Crippen molar-refractivity contribution in [2.24, 2.45) is 11.8 Å². The van der Waals surface area contributed by atoms with E-state index in [1.165, 1.54) is 20.1 Å². The largest absolute Gasteiger partial charge is 0.469 e. The molecule has 0 spiro atoms. The Morgan fingerprint density at radius 2 is 2.06 bits per heavy atom. The van der Waals surface area contributed by atoms with Gasteiger partial charge in [-0.15, -0.1) is 0 Å². The fourth-order valence-electron chi connectivity index (χ4n) is 2.66. The molecular formula is C13H25NO2. The van der Waals surface area contributed by atoms with Gasteiger partial charge >= 0.3 is 5.97 Å². The quantitative estimate of drug-likeness (QED) is 0.690. The first-order chi connectivity index (χ1) is 7.54. The molecule has 16 heavy (non-hydrogen) atoms. The topological polar surface area (TPSA) is 29.5 Å². The molecule has 3 nitrogen and oxygen atoms in total. The fraction of sp³-hybridized carbons (Fsp3) is 0.923. The lowest BCUT2D eigenvalue weighted by Crippen LogP contribution is -2.46. The molecule has 1 heterocycles. The summed E-state index contributed by atoms with van der Waals surface area (Å²) in [5.74, 6) is 1.46. The van der Waals surface area contributed by atoms with Gasteiger partial charge in [0, 0.05) is 19.0 Å². The van der Waals surface area contributed by atoms with E-state index in [9.17, 15) is 4.79 Å². The van der Waals surface area contributed by atoms with Gasteiger partial charge in [-0.3, -0.25) is 4.79 Å². The number of carbonyl (C=O) groups excluding carboxylic acids is 1. The maximum Gasteiger partial charge on any atom is 0.305 e. The highest BCUT2D eigenvalue weighted by molar-refractivity contribution is 5.69. The van der Waals surface area contributed by atoms with Crippen LogP contribution in [-0.2, 0) is 9.53 Å². The summed E-state index contributed by atoms with van der Waals surface area (Å²) in [4.78, 5) is 13.5. The summed E-state index contributed by atoms with van der Waals surface area (Å²) in [6, 6.07) is 0.647. The summed E-state index contributed by atoms with van der Waals surface area (Å²) in [6.07, 6.45) is 2.79. The molecule has 0 bridgehead atoms. The molecule has 1 aliphatic heterocycles. The smallest absolute Gasteiger partial charge is 0.305 e. The minimum absolute atomic E-state index is 0.0919. The second kappa shape index (κ2) is 6.24. The summed E-state index contributed by atoms with van der Waals surface area (Å²) < 4.78 is 4.65. The predicted molar refractivity (Wildman–Crippen MR) is 65.2 cm³/mol. The zero-order valence-corrected chi connectivity index (χ0v) is 11.0. The molecule has 0 radical (unpaired) electrons. The second-order valence-corrected chi connectivity index (χ2v) is 5.23. The molecule has 3 heteroatoms. The minimum atomic E-state index is -0.0919. The van der Waals surface area contributed by atoms with E-state index in [0.717, 1.165) is 24.8 Å². The Kier molecular flexibility index (Phi) is 5.26. The van der Waals surface area contributed by atoms with Gasteiger partial charge < -0.3 is 9.64 Å². The number of hydrogen-bond donors (Lipinski definition) is 0. The standard InChI is InChI=1S/C13H25NO2/c1-10-8-11(2)12(3)14(9-10)7-5-6-13(15)16-4/h10-12H,5-9H2,1-4H3. The maximum absolute atomic E-state index is 11.0. The van der Waals surface area contributed by atoms with E-state index >= 15 is 0 Å². The molecule has 1 aliphatic rings. The summed E-state index contributed by atoms with van der Waals surface area (Å²) in [6.45, 7) is 9.13. The first-order valence-electron chi connectivity index (χ1n) is 6.35. The van der Waals surface area contributed by atoms with Crippen LogP contribution in [0.25, 0.3) is 0 Å². The number of ether oxygens (including phenoxy) is 1. The van der Waals surface area contributed by atoms with Gasteiger partial charge in [0.1, 0.15) is 0 Å². The molecule has 1 saturated heterocycles. The predicted octanol–water partition coefficient (Wildman–Crippen LogP) is 2.31. The van der Waals surface area contributed by atoms with E-state index in [0.29, 0.717) is 12.5 Å². The van der Waals surface area contributed by atoms with Crippen LogP contribution in [0.4, 0.5) is 0 Å². The Morgan fingerprint density at radius 3 is 2.69 bits per heavy atom. The summed E-state index contributed by atoms with van der Waals surface area (Å²) >= 11 is 0. The lowest BCUT2D eigenvalue weighted by atomic mass is 9.86. The van der Waals surface area contributed by atoms with Crippen molar-refractivity contribution in [2.45, 2.75) is 46.1 Å². The van der Waals surface area contributed by atoms with Crippen LogP contribution < -0.4 is 0 Å². The van der Waals surface area contributed by atoms with Gasteiger partial charge in [0.25, 0.3) is 0 Å². The highest BCUT2D eigenvalue weighted by Crippen LogP contribution is 2.26. The third-order valence-electron chi connectivity index (χ3n) is 3.77. The zero-order valence-electron chi connectivity index (χ0n) is 11.0. The van der Waals surface area contributed by atoms with Gasteiger partial charge in [0.05, 0.1) is 7.11 Å². The van der Waals surface area contributed by atoms with Gasteiger partial charge in [0.2, 0.25) is 0 Å². The van der Waals surface area contributed by atoms with Gasteiger partial charge in [0.15, 0.2) is 0 Å². The third kappa shape index (κ3) is 3.78. The molecule has 0 aromatic rings. The number of methoxy groups -OCH3 is 1. The van der Waals surface area contributed by atoms with Crippen molar-refractivity contribution < 1.29 is 9.53 Å². The SMILES string of the molecule is COC(=O)CCCN1CC(C)CC(C)C1C. The molecule has 3 unspecified atom stereocenters. The van der Waals surface area contributed by atoms with Crippen LogP contribution in [0.15, 0.2) is 0 Å². The minimum Gasteiger partial charge on any atom is -0.469 e. The van der Waals surface area contributed by atoms with Crippen LogP contribution in [0.5, 0.6) is 0 Å². The fourth-order valence-corrected chi connectivity index (χ4v) is 2.66. The van der Waals surface area contributed by atoms with Crippen molar-refractivity contribution in [3.63, 3.8) is 0 Å². The monoisotopic (exact) mass is 227 g/mol. The summed E-state index contributed by atoms with van der Waals surface area (Å²) in [5.41, 5.74) is 0. The summed E-state index contributed by atoms with van der Waals surface area (Å²) in [7, 11) is 1.45. The van der Waals surface area contributed by atoms with Crippen molar-refractivity contribution in [2.75, 3.05) is 20.2 Å². The average molecular weight is 227 g/mol. The van der Waals surface area contributed by atoms with Crippen LogP contribution >= 0.6 is 0 Å². The van der Waals surface area contributed by atoms with Crippen LogP contribution in [0.3, 0.4) is 0 Å².